The van der Waals surface area contributed by atoms with Crippen LogP contribution in [0.4, 0.5) is 8.78 Å². The molecule has 0 aliphatic rings. The van der Waals surface area contributed by atoms with E-state index in [1.165, 1.54) is 18.4 Å². The van der Waals surface area contributed by atoms with Crippen LogP contribution in [-0.4, -0.2) is 36.8 Å². The predicted molar refractivity (Wildman–Crippen MR) is 104 cm³/mol. The molecule has 0 bridgehead atoms. The third-order valence-corrected chi connectivity index (χ3v) is 5.17. The Morgan fingerprint density at radius 1 is 1.17 bits per heavy atom. The highest BCUT2D eigenvalue weighted by molar-refractivity contribution is 7.16. The third kappa shape index (κ3) is 4.57. The first kappa shape index (κ1) is 20.8. The lowest BCUT2D eigenvalue weighted by atomic mass is 10.2. The van der Waals surface area contributed by atoms with Crippen LogP contribution in [0.3, 0.4) is 0 Å². The second-order valence-corrected chi connectivity index (χ2v) is 6.96. The average molecular weight is 420 g/mol. The first-order chi connectivity index (χ1) is 13.9. The van der Waals surface area contributed by atoms with E-state index in [-0.39, 0.29) is 5.56 Å². The van der Waals surface area contributed by atoms with Crippen LogP contribution >= 0.6 is 11.3 Å². The minimum Gasteiger partial charge on any atom is -0.465 e. The summed E-state index contributed by atoms with van der Waals surface area (Å²) in [5.41, 5.74) is 0.782. The van der Waals surface area contributed by atoms with Gasteiger partial charge in [0.05, 0.1) is 35.1 Å². The van der Waals surface area contributed by atoms with Gasteiger partial charge in [-0.1, -0.05) is 11.3 Å². The first-order valence-electron chi connectivity index (χ1n) is 8.78. The van der Waals surface area contributed by atoms with Crippen molar-refractivity contribution < 1.29 is 27.8 Å². The number of ether oxygens (including phenoxy) is 2. The van der Waals surface area contributed by atoms with E-state index in [0.717, 1.165) is 17.6 Å². The summed E-state index contributed by atoms with van der Waals surface area (Å²) in [4.78, 5) is 28.6. The fourth-order valence-electron chi connectivity index (χ4n) is 2.73. The molecule has 2 aromatic carbocycles. The van der Waals surface area contributed by atoms with Crippen molar-refractivity contribution in [1.29, 1.82) is 0 Å². The number of carbonyl (C=O) groups is 2. The molecule has 0 aliphatic heterocycles. The quantitative estimate of drug-likeness (QED) is 0.452. The predicted octanol–water partition coefficient (Wildman–Crippen LogP) is 3.55. The number of hydrogen-bond acceptors (Lipinski definition) is 5. The maximum Gasteiger partial charge on any atom is 0.337 e. The van der Waals surface area contributed by atoms with Gasteiger partial charge in [-0.05, 0) is 37.3 Å². The van der Waals surface area contributed by atoms with Crippen molar-refractivity contribution in [2.45, 2.75) is 13.5 Å². The third-order valence-electron chi connectivity index (χ3n) is 4.13. The van der Waals surface area contributed by atoms with Crippen molar-refractivity contribution in [1.82, 2.24) is 4.57 Å². The van der Waals surface area contributed by atoms with Crippen LogP contribution in [-0.2, 0) is 16.0 Å². The summed E-state index contributed by atoms with van der Waals surface area (Å²) < 4.78 is 39.6. The van der Waals surface area contributed by atoms with Crippen LogP contribution in [0.25, 0.3) is 10.2 Å². The zero-order valence-electron chi connectivity index (χ0n) is 15.8. The Labute approximate surface area is 169 Å². The number of fused-ring (bicyclic) bond motifs is 1. The number of esters is 1. The Hall–Kier alpha value is -2.91. The SMILES string of the molecule is CCOCCn1c(=NC(=O)c2ccc(F)cc2F)sc2cc(C(=O)OC)ccc21. The molecular formula is C20H18F2N2O4S. The molecular weight excluding hydrogens is 402 g/mol. The number of hydrogen-bond donors (Lipinski definition) is 0. The fraction of sp³-hybridized carbons (Fsp3) is 0.250. The fourth-order valence-corrected chi connectivity index (χ4v) is 3.82. The normalized spacial score (nSPS) is 11.8. The summed E-state index contributed by atoms with van der Waals surface area (Å²) in [5.74, 6) is -3.06. The van der Waals surface area contributed by atoms with Crippen molar-refractivity contribution in [3.05, 3.63) is 64.0 Å². The molecule has 3 rings (SSSR count). The highest BCUT2D eigenvalue weighted by atomic mass is 32.1. The Balaban J connectivity index is 2.10. The van der Waals surface area contributed by atoms with Crippen LogP contribution < -0.4 is 4.80 Å². The van der Waals surface area contributed by atoms with Gasteiger partial charge in [0.1, 0.15) is 11.6 Å². The highest BCUT2D eigenvalue weighted by Crippen LogP contribution is 2.20. The molecule has 0 saturated heterocycles. The summed E-state index contributed by atoms with van der Waals surface area (Å²) in [6.07, 6.45) is 0. The number of thiazole rings is 1. The van der Waals surface area contributed by atoms with Crippen molar-refractivity contribution >= 4 is 33.4 Å². The van der Waals surface area contributed by atoms with E-state index in [4.69, 9.17) is 9.47 Å². The standard InChI is InChI=1S/C20H18F2N2O4S/c1-3-28-9-8-24-16-7-4-12(19(26)27-2)10-17(16)29-20(24)23-18(25)14-6-5-13(21)11-15(14)22/h4-7,10-11H,3,8-9H2,1-2H3. The maximum absolute atomic E-state index is 13.9. The van der Waals surface area contributed by atoms with Crippen molar-refractivity contribution in [2.75, 3.05) is 20.3 Å². The van der Waals surface area contributed by atoms with E-state index in [2.05, 4.69) is 4.99 Å². The van der Waals surface area contributed by atoms with Crippen molar-refractivity contribution in [3.63, 3.8) is 0 Å². The van der Waals surface area contributed by atoms with Gasteiger partial charge in [-0.25, -0.2) is 13.6 Å². The van der Waals surface area contributed by atoms with Crippen LogP contribution in [0.15, 0.2) is 41.4 Å². The number of methoxy groups -OCH3 is 1. The summed E-state index contributed by atoms with van der Waals surface area (Å²) >= 11 is 1.17. The minimum atomic E-state index is -0.978. The van der Waals surface area contributed by atoms with E-state index >= 15 is 0 Å². The largest absolute Gasteiger partial charge is 0.465 e. The summed E-state index contributed by atoms with van der Waals surface area (Å²) in [5, 5.41) is 0. The molecule has 0 N–H and O–H groups in total. The van der Waals surface area contributed by atoms with Gasteiger partial charge in [-0.3, -0.25) is 4.79 Å². The molecule has 1 aromatic heterocycles. The smallest absolute Gasteiger partial charge is 0.337 e. The van der Waals surface area contributed by atoms with E-state index in [1.54, 1.807) is 22.8 Å². The number of amides is 1. The summed E-state index contributed by atoms with van der Waals surface area (Å²) in [7, 11) is 1.29. The molecule has 0 atom stereocenters. The van der Waals surface area contributed by atoms with Gasteiger partial charge >= 0.3 is 5.97 Å². The number of benzene rings is 2. The zero-order chi connectivity index (χ0) is 21.0. The Bertz CT molecular complexity index is 1140. The number of carbonyl (C=O) groups excluding carboxylic acids is 2. The first-order valence-corrected chi connectivity index (χ1v) is 9.59. The van der Waals surface area contributed by atoms with Gasteiger partial charge in [0.25, 0.3) is 5.91 Å². The van der Waals surface area contributed by atoms with Gasteiger partial charge in [-0.15, -0.1) is 0 Å². The van der Waals surface area contributed by atoms with Crippen LogP contribution in [0.5, 0.6) is 0 Å². The topological polar surface area (TPSA) is 69.9 Å². The second-order valence-electron chi connectivity index (χ2n) is 5.95. The highest BCUT2D eigenvalue weighted by Gasteiger charge is 2.15. The van der Waals surface area contributed by atoms with Gasteiger partial charge < -0.3 is 14.0 Å². The van der Waals surface area contributed by atoms with Gasteiger partial charge in [0.2, 0.25) is 0 Å². The van der Waals surface area contributed by atoms with Crippen LogP contribution in [0.1, 0.15) is 27.6 Å². The molecule has 3 aromatic rings. The van der Waals surface area contributed by atoms with Gasteiger partial charge in [-0.2, -0.15) is 4.99 Å². The zero-order valence-corrected chi connectivity index (χ0v) is 16.6. The molecule has 0 spiro atoms. The molecule has 6 nitrogen and oxygen atoms in total. The maximum atomic E-state index is 13.9. The number of halogens is 2. The van der Waals surface area contributed by atoms with E-state index in [9.17, 15) is 18.4 Å². The molecule has 0 aliphatic carbocycles. The Morgan fingerprint density at radius 2 is 1.97 bits per heavy atom. The summed E-state index contributed by atoms with van der Waals surface area (Å²) in [6.45, 7) is 3.18. The van der Waals surface area contributed by atoms with E-state index < -0.39 is 23.5 Å². The number of rotatable bonds is 6. The number of aromatic nitrogens is 1. The molecule has 29 heavy (non-hydrogen) atoms. The molecule has 0 unspecified atom stereocenters. The average Bonchev–Trinajstić information content (AvgIpc) is 3.03. The van der Waals surface area contributed by atoms with Crippen molar-refractivity contribution in [2.24, 2.45) is 4.99 Å². The molecule has 1 amide bonds. The lowest BCUT2D eigenvalue weighted by molar-refractivity contribution is 0.0600. The lowest BCUT2D eigenvalue weighted by Crippen LogP contribution is -2.20. The Morgan fingerprint density at radius 3 is 2.66 bits per heavy atom. The van der Waals surface area contributed by atoms with Crippen molar-refractivity contribution in [3.8, 4) is 0 Å². The minimum absolute atomic E-state index is 0.315. The molecule has 0 radical (unpaired) electrons. The lowest BCUT2D eigenvalue weighted by Gasteiger charge is -2.06. The molecule has 152 valence electrons. The molecule has 1 heterocycles. The van der Waals surface area contributed by atoms with Crippen LogP contribution in [0.2, 0.25) is 0 Å². The second kappa shape index (κ2) is 9.06. The van der Waals surface area contributed by atoms with Crippen LogP contribution in [0, 0.1) is 11.6 Å². The van der Waals surface area contributed by atoms with Gasteiger partial charge in [0, 0.05) is 19.2 Å². The molecule has 0 fully saturated rings. The number of nitrogens with zero attached hydrogens (tertiary/aromatic N) is 2. The molecule has 9 heteroatoms. The van der Waals surface area contributed by atoms with E-state index in [0.29, 0.717) is 40.9 Å². The van der Waals surface area contributed by atoms with Gasteiger partial charge in [0.15, 0.2) is 4.80 Å². The van der Waals surface area contributed by atoms with E-state index in [1.807, 2.05) is 6.92 Å². The molecule has 0 saturated carbocycles. The monoisotopic (exact) mass is 420 g/mol. The summed E-state index contributed by atoms with van der Waals surface area (Å²) in [6, 6.07) is 7.69. The Kier molecular flexibility index (Phi) is 6.50.